The van der Waals surface area contributed by atoms with E-state index < -0.39 is 6.04 Å². The van der Waals surface area contributed by atoms with Crippen LogP contribution in [0.5, 0.6) is 0 Å². The van der Waals surface area contributed by atoms with E-state index in [0.29, 0.717) is 24.7 Å². The number of nitrogens with zero attached hydrogens (tertiary/aromatic N) is 3. The maximum Gasteiger partial charge on any atom is 0.330 e. The molecule has 19 heavy (non-hydrogen) atoms. The molecule has 1 saturated heterocycles. The minimum absolute atomic E-state index is 0.186. The normalized spacial score (nSPS) is 19.0. The zero-order chi connectivity index (χ0) is 13.8. The molecule has 1 aromatic rings. The number of hydrogen-bond acceptors (Lipinski definition) is 7. The van der Waals surface area contributed by atoms with Crippen molar-refractivity contribution in [2.45, 2.75) is 6.04 Å². The molecule has 1 aliphatic rings. The van der Waals surface area contributed by atoms with Gasteiger partial charge < -0.3 is 20.1 Å². The molecule has 8 heteroatoms. The molecule has 0 aromatic carbocycles. The molecule has 1 atom stereocenters. The van der Waals surface area contributed by atoms with Gasteiger partial charge in [0.25, 0.3) is 0 Å². The molecule has 1 fully saturated rings. The van der Waals surface area contributed by atoms with Crippen LogP contribution in [-0.4, -0.2) is 53.8 Å². The molecule has 0 amide bonds. The number of aromatic nitrogens is 2. The van der Waals surface area contributed by atoms with E-state index in [-0.39, 0.29) is 17.6 Å². The lowest BCUT2D eigenvalue weighted by Crippen LogP contribution is -2.51. The standard InChI is InChI=1S/C11H14N4O3S/c1-17-11(16)8-6-18-3-2-15(8)9-5-13-7(4-14-9)10(12)19/h4-5,8H,2-3,6H2,1H3,(H2,12,19). The van der Waals surface area contributed by atoms with Crippen molar-refractivity contribution in [1.29, 1.82) is 0 Å². The van der Waals surface area contributed by atoms with Crippen LogP contribution in [0.2, 0.25) is 0 Å². The Bertz CT molecular complexity index is 479. The van der Waals surface area contributed by atoms with Crippen molar-refractivity contribution in [2.75, 3.05) is 31.8 Å². The summed E-state index contributed by atoms with van der Waals surface area (Å²) in [5.74, 6) is 0.207. The lowest BCUT2D eigenvalue weighted by molar-refractivity contribution is -0.144. The van der Waals surface area contributed by atoms with Gasteiger partial charge in [0.2, 0.25) is 0 Å². The predicted octanol–water partition coefficient (Wildman–Crippen LogP) is -0.511. The Balaban J connectivity index is 2.22. The van der Waals surface area contributed by atoms with Crippen LogP contribution in [0, 0.1) is 0 Å². The third kappa shape index (κ3) is 2.96. The predicted molar refractivity (Wildman–Crippen MR) is 71.9 cm³/mol. The van der Waals surface area contributed by atoms with Crippen LogP contribution in [0.15, 0.2) is 12.4 Å². The summed E-state index contributed by atoms with van der Waals surface area (Å²) in [5, 5.41) is 0. The second-order valence-electron chi connectivity index (χ2n) is 3.93. The van der Waals surface area contributed by atoms with Crippen LogP contribution >= 0.6 is 12.2 Å². The van der Waals surface area contributed by atoms with E-state index in [1.165, 1.54) is 19.5 Å². The first-order valence-corrected chi connectivity index (χ1v) is 6.08. The molecule has 1 aromatic heterocycles. The van der Waals surface area contributed by atoms with Gasteiger partial charge in [0.1, 0.15) is 16.5 Å². The number of esters is 1. The number of hydrogen-bond donors (Lipinski definition) is 1. The van der Waals surface area contributed by atoms with E-state index in [9.17, 15) is 4.79 Å². The van der Waals surface area contributed by atoms with Gasteiger partial charge in [0.15, 0.2) is 6.04 Å². The van der Waals surface area contributed by atoms with Gasteiger partial charge in [-0.05, 0) is 0 Å². The number of morpholine rings is 1. The topological polar surface area (TPSA) is 90.6 Å². The van der Waals surface area contributed by atoms with Crippen LogP contribution in [0.4, 0.5) is 5.82 Å². The lowest BCUT2D eigenvalue weighted by Gasteiger charge is -2.34. The monoisotopic (exact) mass is 282 g/mol. The minimum atomic E-state index is -0.510. The van der Waals surface area contributed by atoms with E-state index in [4.69, 9.17) is 27.4 Å². The maximum atomic E-state index is 11.7. The van der Waals surface area contributed by atoms with E-state index >= 15 is 0 Å². The molecule has 0 aliphatic carbocycles. The summed E-state index contributed by atoms with van der Waals surface area (Å²) in [5.41, 5.74) is 5.91. The first kappa shape index (κ1) is 13.6. The van der Waals surface area contributed by atoms with E-state index in [1.807, 2.05) is 0 Å². The van der Waals surface area contributed by atoms with Gasteiger partial charge in [-0.15, -0.1) is 0 Å². The lowest BCUT2D eigenvalue weighted by atomic mass is 10.2. The highest BCUT2D eigenvalue weighted by Gasteiger charge is 2.31. The van der Waals surface area contributed by atoms with Crippen LogP contribution in [0.25, 0.3) is 0 Å². The second kappa shape index (κ2) is 5.89. The van der Waals surface area contributed by atoms with Gasteiger partial charge in [0, 0.05) is 6.54 Å². The molecule has 1 aliphatic heterocycles. The molecule has 2 heterocycles. The largest absolute Gasteiger partial charge is 0.467 e. The average molecular weight is 282 g/mol. The van der Waals surface area contributed by atoms with Crippen molar-refractivity contribution in [2.24, 2.45) is 5.73 Å². The van der Waals surface area contributed by atoms with Gasteiger partial charge in [-0.25, -0.2) is 14.8 Å². The number of anilines is 1. The SMILES string of the molecule is COC(=O)C1COCCN1c1cnc(C(N)=S)cn1. The average Bonchev–Trinajstić information content (AvgIpc) is 2.46. The van der Waals surface area contributed by atoms with Crippen molar-refractivity contribution < 1.29 is 14.3 Å². The number of carbonyl (C=O) groups excluding carboxylic acids is 1. The fourth-order valence-corrected chi connectivity index (χ4v) is 1.91. The van der Waals surface area contributed by atoms with Crippen molar-refractivity contribution in [1.82, 2.24) is 9.97 Å². The Kier molecular flexibility index (Phi) is 4.23. The van der Waals surface area contributed by atoms with Crippen molar-refractivity contribution >= 4 is 29.0 Å². The summed E-state index contributed by atoms with van der Waals surface area (Å²) in [6.45, 7) is 1.33. The molecule has 7 nitrogen and oxygen atoms in total. The summed E-state index contributed by atoms with van der Waals surface area (Å²) in [6.07, 6.45) is 3.03. The number of carbonyl (C=O) groups is 1. The highest BCUT2D eigenvalue weighted by molar-refractivity contribution is 7.80. The molecule has 0 radical (unpaired) electrons. The van der Waals surface area contributed by atoms with Crippen molar-refractivity contribution in [3.8, 4) is 0 Å². The Morgan fingerprint density at radius 3 is 2.95 bits per heavy atom. The van der Waals surface area contributed by atoms with Crippen molar-refractivity contribution in [3.05, 3.63) is 18.1 Å². The molecule has 2 rings (SSSR count). The van der Waals surface area contributed by atoms with Crippen molar-refractivity contribution in [3.63, 3.8) is 0 Å². The Morgan fingerprint density at radius 2 is 2.37 bits per heavy atom. The molecular formula is C11H14N4O3S. The maximum absolute atomic E-state index is 11.7. The van der Waals surface area contributed by atoms with Gasteiger partial charge in [0.05, 0.1) is 32.7 Å². The third-order valence-corrected chi connectivity index (χ3v) is 3.00. The van der Waals surface area contributed by atoms with Gasteiger partial charge >= 0.3 is 5.97 Å². The molecule has 0 bridgehead atoms. The zero-order valence-corrected chi connectivity index (χ0v) is 11.2. The molecule has 2 N–H and O–H groups in total. The number of thiocarbonyl (C=S) groups is 1. The summed E-state index contributed by atoms with van der Waals surface area (Å²) in [6, 6.07) is -0.510. The van der Waals surface area contributed by atoms with Crippen LogP contribution < -0.4 is 10.6 Å². The smallest absolute Gasteiger partial charge is 0.330 e. The fourth-order valence-electron chi connectivity index (χ4n) is 1.81. The molecule has 1 unspecified atom stereocenters. The fraction of sp³-hybridized carbons (Fsp3) is 0.455. The van der Waals surface area contributed by atoms with E-state index in [2.05, 4.69) is 9.97 Å². The Labute approximate surface area is 115 Å². The molecule has 102 valence electrons. The number of methoxy groups -OCH3 is 1. The van der Waals surface area contributed by atoms with E-state index in [0.717, 1.165) is 0 Å². The molecular weight excluding hydrogens is 268 g/mol. The van der Waals surface area contributed by atoms with Gasteiger partial charge in [-0.1, -0.05) is 12.2 Å². The minimum Gasteiger partial charge on any atom is -0.467 e. The highest BCUT2D eigenvalue weighted by Crippen LogP contribution is 2.17. The highest BCUT2D eigenvalue weighted by atomic mass is 32.1. The first-order chi connectivity index (χ1) is 9.13. The second-order valence-corrected chi connectivity index (χ2v) is 4.37. The summed E-state index contributed by atoms with van der Waals surface area (Å²) in [4.78, 5) is 22.0. The Hall–Kier alpha value is -1.80. The summed E-state index contributed by atoms with van der Waals surface area (Å²) < 4.78 is 10.0. The van der Waals surface area contributed by atoms with Crippen LogP contribution in [0.3, 0.4) is 0 Å². The van der Waals surface area contributed by atoms with Crippen LogP contribution in [0.1, 0.15) is 5.69 Å². The van der Waals surface area contributed by atoms with Gasteiger partial charge in [-0.2, -0.15) is 0 Å². The molecule has 0 saturated carbocycles. The number of rotatable bonds is 3. The van der Waals surface area contributed by atoms with Gasteiger partial charge in [-0.3, -0.25) is 0 Å². The number of ether oxygens (including phenoxy) is 2. The number of nitrogens with two attached hydrogens (primary N) is 1. The third-order valence-electron chi connectivity index (χ3n) is 2.79. The Morgan fingerprint density at radius 1 is 1.58 bits per heavy atom. The summed E-state index contributed by atoms with van der Waals surface area (Å²) in [7, 11) is 1.34. The molecule has 0 spiro atoms. The zero-order valence-electron chi connectivity index (χ0n) is 10.4. The summed E-state index contributed by atoms with van der Waals surface area (Å²) >= 11 is 4.81. The van der Waals surface area contributed by atoms with E-state index in [1.54, 1.807) is 4.90 Å². The first-order valence-electron chi connectivity index (χ1n) is 5.67. The quantitative estimate of drug-likeness (QED) is 0.585. The van der Waals surface area contributed by atoms with Crippen LogP contribution in [-0.2, 0) is 14.3 Å².